The van der Waals surface area contributed by atoms with Crippen LogP contribution in [0.4, 0.5) is 9.59 Å². The molecular weight excluding hydrogens is 741 g/mol. The molecule has 306 valence electrons. The van der Waals surface area contributed by atoms with E-state index in [4.69, 9.17) is 28.3 Å². The molecule has 4 heterocycles. The van der Waals surface area contributed by atoms with Gasteiger partial charge in [0.05, 0.1) is 14.2 Å². The fraction of sp³-hybridized carbons (Fsp3) is 0.455. The first kappa shape index (κ1) is 40.3. The fourth-order valence-corrected chi connectivity index (χ4v) is 8.19. The second-order valence-electron chi connectivity index (χ2n) is 16.5. The van der Waals surface area contributed by atoms with E-state index < -0.39 is 24.3 Å². The lowest BCUT2D eigenvalue weighted by Crippen LogP contribution is -2.51. The minimum absolute atomic E-state index is 0.142. The van der Waals surface area contributed by atoms with Gasteiger partial charge < -0.3 is 38.7 Å². The van der Waals surface area contributed by atoms with Crippen molar-refractivity contribution in [2.75, 3.05) is 27.3 Å². The Hall–Kier alpha value is -5.92. The number of hydrogen-bond donors (Lipinski definition) is 2. The number of aromatic nitrogens is 2. The molecule has 0 radical (unpaired) electrons. The number of benzene rings is 3. The van der Waals surface area contributed by atoms with Crippen molar-refractivity contribution in [1.82, 2.24) is 30.4 Å². The molecular formula is C44H52N6O8. The lowest BCUT2D eigenvalue weighted by Gasteiger charge is -2.29. The zero-order valence-electron chi connectivity index (χ0n) is 34.3. The molecule has 2 N–H and O–H groups in total. The number of likely N-dealkylation sites (tertiary alicyclic amines) is 2. The molecule has 2 fully saturated rings. The first-order chi connectivity index (χ1) is 27.7. The number of nitrogens with zero attached hydrogens (tertiary/aromatic N) is 4. The van der Waals surface area contributed by atoms with E-state index in [0.29, 0.717) is 59.9 Å². The number of ether oxygens (including phenoxy) is 2. The summed E-state index contributed by atoms with van der Waals surface area (Å²) in [7, 11) is 2.56. The number of carbonyl (C=O) groups excluding carboxylic acids is 4. The van der Waals surface area contributed by atoms with Crippen LogP contribution in [0.1, 0.15) is 78.2 Å². The third-order valence-corrected chi connectivity index (χ3v) is 11.3. The van der Waals surface area contributed by atoms with E-state index in [1.807, 2.05) is 64.1 Å². The maximum atomic E-state index is 13.7. The number of alkyl carbamates (subject to hydrolysis) is 2. The molecule has 0 unspecified atom stereocenters. The van der Waals surface area contributed by atoms with Crippen molar-refractivity contribution in [1.29, 1.82) is 0 Å². The van der Waals surface area contributed by atoms with E-state index >= 15 is 0 Å². The molecule has 14 nitrogen and oxygen atoms in total. The summed E-state index contributed by atoms with van der Waals surface area (Å²) in [4.78, 5) is 64.7. The molecule has 0 aliphatic carbocycles. The van der Waals surface area contributed by atoms with Crippen LogP contribution < -0.4 is 10.6 Å². The van der Waals surface area contributed by atoms with Gasteiger partial charge in [-0.3, -0.25) is 9.59 Å². The van der Waals surface area contributed by atoms with Crippen molar-refractivity contribution in [2.45, 2.75) is 78.6 Å². The maximum absolute atomic E-state index is 13.7. The predicted molar refractivity (Wildman–Crippen MR) is 217 cm³/mol. The summed E-state index contributed by atoms with van der Waals surface area (Å²) in [5.74, 6) is 0.757. The minimum Gasteiger partial charge on any atom is -0.453 e. The summed E-state index contributed by atoms with van der Waals surface area (Å²) in [5.41, 5.74) is 6.55. The minimum atomic E-state index is -0.736. The maximum Gasteiger partial charge on any atom is 0.407 e. The average molecular weight is 793 g/mol. The molecule has 4 amide bonds. The number of oxazole rings is 2. The van der Waals surface area contributed by atoms with E-state index in [1.54, 1.807) is 9.80 Å². The normalized spacial score (nSPS) is 20.5. The Bertz CT molecular complexity index is 2150. The highest BCUT2D eigenvalue weighted by molar-refractivity contribution is 5.88. The van der Waals surface area contributed by atoms with Crippen molar-refractivity contribution < 1.29 is 37.5 Å². The highest BCUT2D eigenvalue weighted by Crippen LogP contribution is 2.40. The number of rotatable bonds is 10. The van der Waals surface area contributed by atoms with Crippen LogP contribution in [0.25, 0.3) is 44.5 Å². The van der Waals surface area contributed by atoms with Crippen molar-refractivity contribution in [3.63, 3.8) is 0 Å². The highest BCUT2D eigenvalue weighted by Gasteiger charge is 2.42. The molecule has 2 aliphatic rings. The first-order valence-corrected chi connectivity index (χ1v) is 20.0. The molecule has 3 aromatic carbocycles. The third-order valence-electron chi connectivity index (χ3n) is 11.3. The predicted octanol–water partition coefficient (Wildman–Crippen LogP) is 7.88. The van der Waals surface area contributed by atoms with Gasteiger partial charge in [-0.15, -0.1) is 0 Å². The topological polar surface area (TPSA) is 169 Å². The van der Waals surface area contributed by atoms with Crippen molar-refractivity contribution in [2.24, 2.45) is 23.7 Å². The summed E-state index contributed by atoms with van der Waals surface area (Å²) < 4.78 is 22.3. The van der Waals surface area contributed by atoms with Gasteiger partial charge in [-0.25, -0.2) is 19.6 Å². The standard InChI is InChI=1S/C44H52N6O8/c1-23(2)37(47-43(53)55-7)41(51)49-21-25(5)17-33(49)39-45-31-15-13-29(19-35(31)57-39)27-9-11-28(12-10-27)30-14-16-32-36(20-30)58-40(46-32)34-18-26(6)22-50(34)42(52)38(24(3)4)48-44(54)56-8/h9-16,19-20,23-26,33-34,37-38H,17-18,21-22H2,1-8H3,(H,47,53)(H,48,54)/t25-,26-,33-,34-,37-,38-/m0/s1. The van der Waals surface area contributed by atoms with Gasteiger partial charge in [0, 0.05) is 13.1 Å². The molecule has 7 rings (SSSR count). The number of methoxy groups -OCH3 is 2. The van der Waals surface area contributed by atoms with E-state index in [2.05, 4.69) is 48.7 Å². The summed E-state index contributed by atoms with van der Waals surface area (Å²) in [6.07, 6.45) is 0.107. The van der Waals surface area contributed by atoms with Crippen LogP contribution in [0.3, 0.4) is 0 Å². The molecule has 2 saturated heterocycles. The van der Waals surface area contributed by atoms with Crippen molar-refractivity contribution in [3.05, 3.63) is 72.4 Å². The molecule has 14 heteroatoms. The van der Waals surface area contributed by atoms with Gasteiger partial charge in [-0.1, -0.05) is 77.9 Å². The highest BCUT2D eigenvalue weighted by atomic mass is 16.5. The lowest BCUT2D eigenvalue weighted by atomic mass is 10.00. The van der Waals surface area contributed by atoms with Crippen LogP contribution in [0.15, 0.2) is 69.5 Å². The zero-order chi connectivity index (χ0) is 41.4. The monoisotopic (exact) mass is 792 g/mol. The van der Waals surface area contributed by atoms with E-state index in [0.717, 1.165) is 22.3 Å². The molecule has 0 saturated carbocycles. The van der Waals surface area contributed by atoms with Crippen LogP contribution in [0.2, 0.25) is 0 Å². The largest absolute Gasteiger partial charge is 0.453 e. The summed E-state index contributed by atoms with van der Waals surface area (Å²) in [5, 5.41) is 5.39. The van der Waals surface area contributed by atoms with Crippen molar-refractivity contribution >= 4 is 46.2 Å². The Labute approximate surface area is 337 Å². The fourth-order valence-electron chi connectivity index (χ4n) is 8.19. The van der Waals surface area contributed by atoms with Crippen LogP contribution in [0, 0.1) is 23.7 Å². The zero-order valence-corrected chi connectivity index (χ0v) is 34.3. The number of carbonyl (C=O) groups is 4. The second kappa shape index (κ2) is 16.5. The number of nitrogens with one attached hydrogen (secondary N) is 2. The molecule has 2 aliphatic heterocycles. The smallest absolute Gasteiger partial charge is 0.407 e. The van der Waals surface area contributed by atoms with Gasteiger partial charge in [0.15, 0.2) is 11.2 Å². The average Bonchev–Trinajstić information content (AvgIpc) is 4.01. The first-order valence-electron chi connectivity index (χ1n) is 20.0. The summed E-state index contributed by atoms with van der Waals surface area (Å²) in [6.45, 7) is 12.8. The van der Waals surface area contributed by atoms with Crippen molar-refractivity contribution in [3.8, 4) is 22.3 Å². The van der Waals surface area contributed by atoms with Gasteiger partial charge in [-0.2, -0.15) is 0 Å². The Balaban J connectivity index is 1.08. The molecule has 6 atom stereocenters. The van der Waals surface area contributed by atoms with Crippen LogP contribution in [-0.2, 0) is 19.1 Å². The quantitative estimate of drug-likeness (QED) is 0.142. The van der Waals surface area contributed by atoms with Gasteiger partial charge in [0.1, 0.15) is 35.2 Å². The van der Waals surface area contributed by atoms with E-state index in [1.165, 1.54) is 14.2 Å². The third kappa shape index (κ3) is 8.09. The van der Waals surface area contributed by atoms with E-state index in [-0.39, 0.29) is 47.6 Å². The second-order valence-corrected chi connectivity index (χ2v) is 16.5. The Morgan fingerprint density at radius 2 is 0.983 bits per heavy atom. The molecule has 0 bridgehead atoms. The van der Waals surface area contributed by atoms with Crippen LogP contribution >= 0.6 is 0 Å². The van der Waals surface area contributed by atoms with Gasteiger partial charge >= 0.3 is 12.2 Å². The van der Waals surface area contributed by atoms with Crippen LogP contribution in [-0.4, -0.2) is 83.2 Å². The van der Waals surface area contributed by atoms with Gasteiger partial charge in [0.2, 0.25) is 23.6 Å². The van der Waals surface area contributed by atoms with E-state index in [9.17, 15) is 19.2 Å². The Morgan fingerprint density at radius 3 is 1.33 bits per heavy atom. The van der Waals surface area contributed by atoms with Gasteiger partial charge in [0.25, 0.3) is 0 Å². The molecule has 0 spiro atoms. The molecule has 5 aromatic rings. The van der Waals surface area contributed by atoms with Crippen LogP contribution in [0.5, 0.6) is 0 Å². The Kier molecular flexibility index (Phi) is 11.5. The number of amides is 4. The summed E-state index contributed by atoms with van der Waals surface area (Å²) >= 11 is 0. The number of fused-ring (bicyclic) bond motifs is 2. The summed E-state index contributed by atoms with van der Waals surface area (Å²) in [6, 6.07) is 17.9. The lowest BCUT2D eigenvalue weighted by molar-refractivity contribution is -0.136. The Morgan fingerprint density at radius 1 is 0.621 bits per heavy atom. The molecule has 2 aromatic heterocycles. The number of hydrogen-bond acceptors (Lipinski definition) is 10. The SMILES string of the molecule is COC(=O)N[C@H](C(=O)N1C[C@@H](C)C[C@H]1c1nc2ccc(-c3ccc(-c4ccc5nc([C@@H]6C[C@H](C)CN6C(=O)[C@@H](NC(=O)OC)C(C)C)oc5c4)cc3)cc2o1)C(C)C. The van der Waals surface area contributed by atoms with Gasteiger partial charge in [-0.05, 0) is 83.0 Å². The molecule has 58 heavy (non-hydrogen) atoms.